The van der Waals surface area contributed by atoms with Gasteiger partial charge in [0.1, 0.15) is 0 Å². The van der Waals surface area contributed by atoms with Crippen LogP contribution in [0.1, 0.15) is 26.3 Å². The van der Waals surface area contributed by atoms with Crippen molar-refractivity contribution in [3.05, 3.63) is 29.8 Å². The highest BCUT2D eigenvalue weighted by Gasteiger charge is 2.33. The van der Waals surface area contributed by atoms with Crippen LogP contribution in [0.25, 0.3) is 0 Å². The van der Waals surface area contributed by atoms with Crippen molar-refractivity contribution in [1.82, 2.24) is 0 Å². The van der Waals surface area contributed by atoms with Gasteiger partial charge in [-0.2, -0.15) is 0 Å². The molecule has 3 nitrogen and oxygen atoms in total. The quantitative estimate of drug-likeness (QED) is 0.681. The zero-order valence-corrected chi connectivity index (χ0v) is 9.50. The zero-order valence-electron chi connectivity index (χ0n) is 9.50. The van der Waals surface area contributed by atoms with Gasteiger partial charge >= 0.3 is 0 Å². The third kappa shape index (κ3) is 2.36. The van der Waals surface area contributed by atoms with Crippen LogP contribution < -0.4 is 11.1 Å². The first-order chi connectivity index (χ1) is 7.09. The summed E-state index contributed by atoms with van der Waals surface area (Å²) in [7, 11) is 0. The molecule has 1 atom stereocenters. The lowest BCUT2D eigenvalue weighted by atomic mass is 9.88. The maximum absolute atomic E-state index is 11.4. The van der Waals surface area contributed by atoms with Crippen molar-refractivity contribution in [3.63, 3.8) is 0 Å². The Morgan fingerprint density at radius 2 is 1.93 bits per heavy atom. The lowest BCUT2D eigenvalue weighted by Gasteiger charge is -2.30. The van der Waals surface area contributed by atoms with Crippen molar-refractivity contribution >= 4 is 11.6 Å². The van der Waals surface area contributed by atoms with E-state index in [0.29, 0.717) is 6.42 Å². The smallest absolute Gasteiger partial charge is 0.244 e. The van der Waals surface area contributed by atoms with Crippen LogP contribution in [0.15, 0.2) is 24.3 Å². The molecule has 2 rings (SSSR count). The fourth-order valence-electron chi connectivity index (χ4n) is 1.54. The molecule has 3 N–H and O–H groups in total. The third-order valence-electron chi connectivity index (χ3n) is 2.34. The Hall–Kier alpha value is -1.35. The SMILES string of the molecule is CC.CC1(N)Cc2ccccc2NC1=O. The van der Waals surface area contributed by atoms with Crippen LogP contribution in [0.2, 0.25) is 0 Å². The number of para-hydroxylation sites is 1. The number of anilines is 1. The second-order valence-corrected chi connectivity index (χ2v) is 3.71. The van der Waals surface area contributed by atoms with Gasteiger partial charge in [-0.25, -0.2) is 0 Å². The molecule has 0 spiro atoms. The highest BCUT2D eigenvalue weighted by Crippen LogP contribution is 2.25. The minimum absolute atomic E-state index is 0.105. The fraction of sp³-hybridized carbons (Fsp3) is 0.417. The molecular weight excluding hydrogens is 188 g/mol. The molecule has 0 radical (unpaired) electrons. The normalized spacial score (nSPS) is 23.3. The van der Waals surface area contributed by atoms with Gasteiger partial charge < -0.3 is 11.1 Å². The van der Waals surface area contributed by atoms with Crippen LogP contribution >= 0.6 is 0 Å². The summed E-state index contributed by atoms with van der Waals surface area (Å²) in [6, 6.07) is 7.73. The molecule has 0 bridgehead atoms. The largest absolute Gasteiger partial charge is 0.324 e. The van der Waals surface area contributed by atoms with Crippen molar-refractivity contribution in [3.8, 4) is 0 Å². The van der Waals surface area contributed by atoms with Crippen molar-refractivity contribution in [2.24, 2.45) is 5.73 Å². The lowest BCUT2D eigenvalue weighted by Crippen LogP contribution is -2.52. The molecule has 1 heterocycles. The Labute approximate surface area is 90.7 Å². The molecule has 1 unspecified atom stereocenters. The van der Waals surface area contributed by atoms with Crippen molar-refractivity contribution in [2.75, 3.05) is 5.32 Å². The monoisotopic (exact) mass is 206 g/mol. The van der Waals surface area contributed by atoms with E-state index in [4.69, 9.17) is 5.73 Å². The molecule has 0 saturated heterocycles. The molecule has 0 saturated carbocycles. The second-order valence-electron chi connectivity index (χ2n) is 3.71. The molecule has 1 aliphatic rings. The number of nitrogens with two attached hydrogens (primary N) is 1. The van der Waals surface area contributed by atoms with E-state index in [1.165, 1.54) is 0 Å². The first-order valence-electron chi connectivity index (χ1n) is 5.28. The van der Waals surface area contributed by atoms with Gasteiger partial charge in [-0.1, -0.05) is 32.0 Å². The first-order valence-corrected chi connectivity index (χ1v) is 5.28. The summed E-state index contributed by atoms with van der Waals surface area (Å²) in [5.74, 6) is -0.105. The van der Waals surface area contributed by atoms with Crippen LogP contribution in [0, 0.1) is 0 Å². The maximum Gasteiger partial charge on any atom is 0.244 e. The van der Waals surface area contributed by atoms with Crippen LogP contribution in [0.5, 0.6) is 0 Å². The van der Waals surface area contributed by atoms with Crippen LogP contribution in [0.4, 0.5) is 5.69 Å². The number of amides is 1. The molecule has 0 aromatic heterocycles. The van der Waals surface area contributed by atoms with Crippen molar-refractivity contribution in [1.29, 1.82) is 0 Å². The Balaban J connectivity index is 0.000000531. The second kappa shape index (κ2) is 4.45. The van der Waals surface area contributed by atoms with E-state index in [1.807, 2.05) is 38.1 Å². The number of nitrogens with one attached hydrogen (secondary N) is 1. The number of hydrogen-bond acceptors (Lipinski definition) is 2. The van der Waals surface area contributed by atoms with Crippen molar-refractivity contribution < 1.29 is 4.79 Å². The average molecular weight is 206 g/mol. The van der Waals surface area contributed by atoms with Gasteiger partial charge in [-0.3, -0.25) is 4.79 Å². The van der Waals surface area contributed by atoms with E-state index in [1.54, 1.807) is 6.92 Å². The van der Waals surface area contributed by atoms with Crippen LogP contribution in [0.3, 0.4) is 0 Å². The van der Waals surface area contributed by atoms with Gasteiger partial charge in [0.15, 0.2) is 0 Å². The zero-order chi connectivity index (χ0) is 11.5. The van der Waals surface area contributed by atoms with Crippen molar-refractivity contribution in [2.45, 2.75) is 32.7 Å². The predicted molar refractivity (Wildman–Crippen MR) is 62.7 cm³/mol. The summed E-state index contributed by atoms with van der Waals surface area (Å²) in [5.41, 5.74) is 7.04. The fourth-order valence-corrected chi connectivity index (χ4v) is 1.54. The van der Waals surface area contributed by atoms with E-state index in [-0.39, 0.29) is 5.91 Å². The Morgan fingerprint density at radius 3 is 2.60 bits per heavy atom. The molecular formula is C12H18N2O. The predicted octanol–water partition coefficient (Wildman–Crippen LogP) is 1.92. The number of benzene rings is 1. The van der Waals surface area contributed by atoms with E-state index in [9.17, 15) is 4.79 Å². The topological polar surface area (TPSA) is 55.1 Å². The van der Waals surface area contributed by atoms with Gasteiger partial charge in [-0.15, -0.1) is 0 Å². The van der Waals surface area contributed by atoms with E-state index in [0.717, 1.165) is 11.3 Å². The summed E-state index contributed by atoms with van der Waals surface area (Å²) in [5, 5.41) is 2.79. The van der Waals surface area contributed by atoms with Gasteiger partial charge in [0.25, 0.3) is 0 Å². The summed E-state index contributed by atoms with van der Waals surface area (Å²) in [4.78, 5) is 11.4. The molecule has 82 valence electrons. The summed E-state index contributed by atoms with van der Waals surface area (Å²) < 4.78 is 0. The summed E-state index contributed by atoms with van der Waals surface area (Å²) in [6.07, 6.45) is 0.606. The summed E-state index contributed by atoms with van der Waals surface area (Å²) in [6.45, 7) is 5.75. The molecule has 0 fully saturated rings. The molecule has 1 amide bonds. The number of hydrogen-bond donors (Lipinski definition) is 2. The summed E-state index contributed by atoms with van der Waals surface area (Å²) >= 11 is 0. The van der Waals surface area contributed by atoms with Gasteiger partial charge in [0, 0.05) is 12.1 Å². The maximum atomic E-state index is 11.4. The van der Waals surface area contributed by atoms with Crippen LogP contribution in [-0.2, 0) is 11.2 Å². The average Bonchev–Trinajstić information content (AvgIpc) is 2.22. The Bertz CT molecular complexity index is 358. The highest BCUT2D eigenvalue weighted by molar-refractivity contribution is 6.00. The molecule has 1 aromatic rings. The van der Waals surface area contributed by atoms with Crippen LogP contribution in [-0.4, -0.2) is 11.4 Å². The van der Waals surface area contributed by atoms with E-state index in [2.05, 4.69) is 5.32 Å². The van der Waals surface area contributed by atoms with Gasteiger partial charge in [0.2, 0.25) is 5.91 Å². The number of fused-ring (bicyclic) bond motifs is 1. The highest BCUT2D eigenvalue weighted by atomic mass is 16.2. The Kier molecular flexibility index (Phi) is 3.48. The minimum atomic E-state index is -0.769. The molecule has 3 heteroatoms. The molecule has 1 aromatic carbocycles. The first kappa shape index (κ1) is 11.7. The van der Waals surface area contributed by atoms with Gasteiger partial charge in [0.05, 0.1) is 5.54 Å². The Morgan fingerprint density at radius 1 is 1.33 bits per heavy atom. The lowest BCUT2D eigenvalue weighted by molar-refractivity contribution is -0.120. The molecule has 0 aliphatic carbocycles. The minimum Gasteiger partial charge on any atom is -0.324 e. The van der Waals surface area contributed by atoms with Gasteiger partial charge in [-0.05, 0) is 18.6 Å². The molecule has 15 heavy (non-hydrogen) atoms. The number of rotatable bonds is 0. The number of carbonyl (C=O) groups excluding carboxylic acids is 1. The van der Waals surface area contributed by atoms with E-state index >= 15 is 0 Å². The molecule has 1 aliphatic heterocycles. The van der Waals surface area contributed by atoms with E-state index < -0.39 is 5.54 Å². The standard InChI is InChI=1S/C10H12N2O.C2H6/c1-10(11)6-7-4-2-3-5-8(7)12-9(10)13;1-2/h2-5H,6,11H2,1H3,(H,12,13);1-2H3. The third-order valence-corrected chi connectivity index (χ3v) is 2.34. The number of carbonyl (C=O) groups is 1.